The molecule has 1 aliphatic rings. The van der Waals surface area contributed by atoms with Gasteiger partial charge in [0.05, 0.1) is 13.2 Å². The summed E-state index contributed by atoms with van der Waals surface area (Å²) in [5.41, 5.74) is 2.64. The minimum atomic E-state index is -0.780. The summed E-state index contributed by atoms with van der Waals surface area (Å²) in [5, 5.41) is 9.13. The zero-order valence-electron chi connectivity index (χ0n) is 12.2. The molecule has 0 bridgehead atoms. The molecule has 0 aromatic heterocycles. The van der Waals surface area contributed by atoms with Crippen LogP contribution in [0.4, 0.5) is 0 Å². The van der Waals surface area contributed by atoms with Crippen molar-refractivity contribution in [3.05, 3.63) is 35.4 Å². The highest BCUT2D eigenvalue weighted by Crippen LogP contribution is 2.39. The maximum absolute atomic E-state index is 11.1. The molecule has 0 spiro atoms. The van der Waals surface area contributed by atoms with Crippen molar-refractivity contribution in [2.75, 3.05) is 26.8 Å². The van der Waals surface area contributed by atoms with Crippen molar-refractivity contribution in [1.29, 1.82) is 0 Å². The van der Waals surface area contributed by atoms with Gasteiger partial charge in [0.1, 0.15) is 0 Å². The molecular formula is C16H23NO3. The highest BCUT2D eigenvalue weighted by atomic mass is 16.5. The zero-order valence-corrected chi connectivity index (χ0v) is 12.2. The van der Waals surface area contributed by atoms with Crippen LogP contribution in [0.25, 0.3) is 0 Å². The van der Waals surface area contributed by atoms with Crippen molar-refractivity contribution in [3.8, 4) is 0 Å². The van der Waals surface area contributed by atoms with Gasteiger partial charge < -0.3 is 9.84 Å². The summed E-state index contributed by atoms with van der Waals surface area (Å²) in [4.78, 5) is 13.1. The third kappa shape index (κ3) is 3.38. The van der Waals surface area contributed by atoms with Crippen molar-refractivity contribution in [3.63, 3.8) is 0 Å². The third-order valence-electron chi connectivity index (χ3n) is 4.12. The molecule has 110 valence electrons. The Labute approximate surface area is 120 Å². The van der Waals surface area contributed by atoms with Gasteiger partial charge in [0.25, 0.3) is 0 Å². The number of nitrogens with zero attached hydrogens (tertiary/aromatic N) is 1. The Hall–Kier alpha value is -1.39. The quantitative estimate of drug-likeness (QED) is 0.868. The molecule has 1 aromatic carbocycles. The lowest BCUT2D eigenvalue weighted by Crippen LogP contribution is -2.38. The van der Waals surface area contributed by atoms with Gasteiger partial charge in [-0.1, -0.05) is 31.2 Å². The van der Waals surface area contributed by atoms with Crippen molar-refractivity contribution in [1.82, 2.24) is 4.90 Å². The molecule has 0 saturated carbocycles. The smallest absolute Gasteiger partial charge is 0.317 e. The summed E-state index contributed by atoms with van der Waals surface area (Å²) in [7, 11) is 1.65. The number of rotatable bonds is 6. The Kier molecular flexibility index (Phi) is 5.15. The molecule has 4 nitrogen and oxygen atoms in total. The predicted octanol–water partition coefficient (Wildman–Crippen LogP) is 2.66. The second-order valence-electron chi connectivity index (χ2n) is 5.48. The molecule has 0 fully saturated rings. The Balaban J connectivity index is 2.24. The molecule has 0 amide bonds. The highest BCUT2D eigenvalue weighted by Gasteiger charge is 2.29. The van der Waals surface area contributed by atoms with Crippen LogP contribution in [0.15, 0.2) is 24.3 Å². The summed E-state index contributed by atoms with van der Waals surface area (Å²) < 4.78 is 5.12. The highest BCUT2D eigenvalue weighted by molar-refractivity contribution is 5.69. The topological polar surface area (TPSA) is 49.8 Å². The minimum Gasteiger partial charge on any atom is -0.480 e. The molecule has 2 unspecified atom stereocenters. The van der Waals surface area contributed by atoms with E-state index in [1.807, 2.05) is 11.0 Å². The van der Waals surface area contributed by atoms with Gasteiger partial charge in [0.2, 0.25) is 0 Å². The average molecular weight is 277 g/mol. The van der Waals surface area contributed by atoms with Crippen molar-refractivity contribution in [2.24, 2.45) is 0 Å². The second kappa shape index (κ2) is 6.86. The Morgan fingerprint density at radius 1 is 1.35 bits per heavy atom. The van der Waals surface area contributed by atoms with E-state index < -0.39 is 5.97 Å². The molecule has 20 heavy (non-hydrogen) atoms. The number of carboxylic acids is 1. The average Bonchev–Trinajstić information content (AvgIpc) is 2.44. The zero-order chi connectivity index (χ0) is 14.5. The maximum atomic E-state index is 11.1. The minimum absolute atomic E-state index is 0.0662. The van der Waals surface area contributed by atoms with Crippen LogP contribution in [0, 0.1) is 0 Å². The maximum Gasteiger partial charge on any atom is 0.317 e. The van der Waals surface area contributed by atoms with Gasteiger partial charge in [-0.3, -0.25) is 9.69 Å². The standard InChI is InChI=1S/C16H23NO3/c1-12-7-8-15(14-6-4-3-5-13(12)14)17(9-10-20-2)11-16(18)19/h3-6,12,15H,7-11H2,1-2H3,(H,18,19). The fourth-order valence-electron chi connectivity index (χ4n) is 3.09. The van der Waals surface area contributed by atoms with Gasteiger partial charge in [-0.05, 0) is 29.9 Å². The van der Waals surface area contributed by atoms with Crippen LogP contribution in [0.2, 0.25) is 0 Å². The van der Waals surface area contributed by atoms with Gasteiger partial charge in [-0.15, -0.1) is 0 Å². The largest absolute Gasteiger partial charge is 0.480 e. The number of ether oxygens (including phenoxy) is 1. The molecule has 0 radical (unpaired) electrons. The Bertz CT molecular complexity index is 461. The van der Waals surface area contributed by atoms with E-state index in [0.29, 0.717) is 19.1 Å². The van der Waals surface area contributed by atoms with E-state index in [9.17, 15) is 4.79 Å². The number of hydrogen-bond donors (Lipinski definition) is 1. The SMILES string of the molecule is COCCN(CC(=O)O)C1CCC(C)c2ccccc21. The molecular weight excluding hydrogens is 254 g/mol. The number of fused-ring (bicyclic) bond motifs is 1. The van der Waals surface area contributed by atoms with Crippen LogP contribution in [0.3, 0.4) is 0 Å². The van der Waals surface area contributed by atoms with E-state index in [2.05, 4.69) is 25.1 Å². The number of carboxylic acid groups (broad SMARTS) is 1. The van der Waals surface area contributed by atoms with E-state index in [0.717, 1.165) is 12.8 Å². The molecule has 1 aliphatic carbocycles. The van der Waals surface area contributed by atoms with E-state index in [1.54, 1.807) is 7.11 Å². The van der Waals surface area contributed by atoms with Crippen LogP contribution in [-0.2, 0) is 9.53 Å². The van der Waals surface area contributed by atoms with Crippen LogP contribution in [-0.4, -0.2) is 42.8 Å². The van der Waals surface area contributed by atoms with Crippen LogP contribution < -0.4 is 0 Å². The van der Waals surface area contributed by atoms with E-state index in [4.69, 9.17) is 9.84 Å². The Morgan fingerprint density at radius 2 is 2.05 bits per heavy atom. The van der Waals surface area contributed by atoms with E-state index in [-0.39, 0.29) is 12.6 Å². The normalized spacial score (nSPS) is 21.8. The molecule has 0 heterocycles. The van der Waals surface area contributed by atoms with Gasteiger partial charge >= 0.3 is 5.97 Å². The number of benzene rings is 1. The predicted molar refractivity (Wildman–Crippen MR) is 77.9 cm³/mol. The molecule has 2 atom stereocenters. The lowest BCUT2D eigenvalue weighted by atomic mass is 9.80. The molecule has 1 aromatic rings. The van der Waals surface area contributed by atoms with Crippen LogP contribution >= 0.6 is 0 Å². The fourth-order valence-corrected chi connectivity index (χ4v) is 3.09. The summed E-state index contributed by atoms with van der Waals surface area (Å²) >= 11 is 0. The van der Waals surface area contributed by atoms with Gasteiger partial charge in [0, 0.05) is 19.7 Å². The van der Waals surface area contributed by atoms with Gasteiger partial charge in [-0.25, -0.2) is 0 Å². The molecule has 0 saturated heterocycles. The first-order valence-electron chi connectivity index (χ1n) is 7.17. The van der Waals surface area contributed by atoms with E-state index in [1.165, 1.54) is 11.1 Å². The number of aliphatic carboxylic acids is 1. The summed E-state index contributed by atoms with van der Waals surface area (Å²) in [6, 6.07) is 8.60. The van der Waals surface area contributed by atoms with Gasteiger partial charge in [0.15, 0.2) is 0 Å². The molecule has 1 N–H and O–H groups in total. The lowest BCUT2D eigenvalue weighted by molar-refractivity contribution is -0.139. The first-order valence-corrected chi connectivity index (χ1v) is 7.17. The second-order valence-corrected chi connectivity index (χ2v) is 5.48. The van der Waals surface area contributed by atoms with Crippen molar-refractivity contribution in [2.45, 2.75) is 31.7 Å². The monoisotopic (exact) mass is 277 g/mol. The summed E-state index contributed by atoms with van der Waals surface area (Å²) in [6.45, 7) is 3.51. The van der Waals surface area contributed by atoms with Crippen molar-refractivity contribution >= 4 is 5.97 Å². The third-order valence-corrected chi connectivity index (χ3v) is 4.12. The number of carbonyl (C=O) groups is 1. The molecule has 0 aliphatic heterocycles. The first-order chi connectivity index (χ1) is 9.63. The lowest BCUT2D eigenvalue weighted by Gasteiger charge is -2.37. The van der Waals surface area contributed by atoms with E-state index >= 15 is 0 Å². The first kappa shape index (κ1) is 15.0. The molecule has 4 heteroatoms. The Morgan fingerprint density at radius 3 is 2.70 bits per heavy atom. The number of methoxy groups -OCH3 is 1. The molecule has 2 rings (SSSR count). The summed E-state index contributed by atoms with van der Waals surface area (Å²) in [6.07, 6.45) is 2.11. The summed E-state index contributed by atoms with van der Waals surface area (Å²) in [5.74, 6) is -0.228. The van der Waals surface area contributed by atoms with Crippen LogP contribution in [0.1, 0.15) is 42.9 Å². The van der Waals surface area contributed by atoms with Crippen molar-refractivity contribution < 1.29 is 14.6 Å². The van der Waals surface area contributed by atoms with Gasteiger partial charge in [-0.2, -0.15) is 0 Å². The number of hydrogen-bond acceptors (Lipinski definition) is 3. The van der Waals surface area contributed by atoms with Crippen LogP contribution in [0.5, 0.6) is 0 Å². The fraction of sp³-hybridized carbons (Fsp3) is 0.562.